The van der Waals surface area contributed by atoms with Crippen LogP contribution in [0.5, 0.6) is 0 Å². The van der Waals surface area contributed by atoms with Gasteiger partial charge in [-0.3, -0.25) is 4.99 Å². The number of guanidine groups is 1. The molecule has 0 radical (unpaired) electrons. The van der Waals surface area contributed by atoms with E-state index in [0.29, 0.717) is 25.0 Å². The van der Waals surface area contributed by atoms with Crippen LogP contribution in [0, 0.1) is 13.8 Å². The Morgan fingerprint density at radius 2 is 1.91 bits per heavy atom. The number of hydrogen-bond donors (Lipinski definition) is 2. The van der Waals surface area contributed by atoms with Gasteiger partial charge in [0.25, 0.3) is 0 Å². The fourth-order valence-corrected chi connectivity index (χ4v) is 2.11. The number of aliphatic imine (C=N–C) groups is 1. The minimum Gasteiger partial charge on any atom is -0.466 e. The van der Waals surface area contributed by atoms with E-state index in [2.05, 4.69) is 34.6 Å². The number of aromatic nitrogens is 1. The van der Waals surface area contributed by atoms with Gasteiger partial charge in [0.05, 0.1) is 12.2 Å². The van der Waals surface area contributed by atoms with Crippen LogP contribution in [0.4, 0.5) is 0 Å². The molecule has 0 atom stereocenters. The minimum atomic E-state index is 0. The molecule has 0 bridgehead atoms. The number of hydrogen-bond acceptors (Lipinski definition) is 4. The molecule has 23 heavy (non-hydrogen) atoms. The first-order valence-corrected chi connectivity index (χ1v) is 7.45. The van der Waals surface area contributed by atoms with Gasteiger partial charge in [-0.15, -0.1) is 24.0 Å². The smallest absolute Gasteiger partial charge is 0.191 e. The van der Waals surface area contributed by atoms with E-state index in [1.54, 1.807) is 7.05 Å². The Bertz CT molecular complexity index is 646. The SMILES string of the molecule is CN=C(NCc1cc(C(C)C)no1)NCc1cc(C)oc1C.I. The van der Waals surface area contributed by atoms with E-state index in [1.807, 2.05) is 26.0 Å². The monoisotopic (exact) mass is 432 g/mol. The van der Waals surface area contributed by atoms with Crippen LogP contribution in [0.25, 0.3) is 0 Å². The van der Waals surface area contributed by atoms with E-state index in [9.17, 15) is 0 Å². The fourth-order valence-electron chi connectivity index (χ4n) is 2.11. The summed E-state index contributed by atoms with van der Waals surface area (Å²) in [6.07, 6.45) is 0. The van der Waals surface area contributed by atoms with Crippen LogP contribution in [-0.2, 0) is 13.1 Å². The Labute approximate surface area is 154 Å². The van der Waals surface area contributed by atoms with Gasteiger partial charge >= 0.3 is 0 Å². The van der Waals surface area contributed by atoms with Crippen molar-refractivity contribution in [3.8, 4) is 0 Å². The lowest BCUT2D eigenvalue weighted by molar-refractivity contribution is 0.372. The van der Waals surface area contributed by atoms with Crippen molar-refractivity contribution in [1.29, 1.82) is 0 Å². The van der Waals surface area contributed by atoms with E-state index in [0.717, 1.165) is 28.5 Å². The number of aryl methyl sites for hydroxylation is 2. The van der Waals surface area contributed by atoms with Gasteiger partial charge in [-0.2, -0.15) is 0 Å². The zero-order chi connectivity index (χ0) is 16.1. The van der Waals surface area contributed by atoms with Crippen molar-refractivity contribution < 1.29 is 8.94 Å². The molecule has 0 fully saturated rings. The van der Waals surface area contributed by atoms with Crippen LogP contribution in [-0.4, -0.2) is 18.2 Å². The van der Waals surface area contributed by atoms with Crippen molar-refractivity contribution in [2.45, 2.75) is 46.7 Å². The summed E-state index contributed by atoms with van der Waals surface area (Å²) in [7, 11) is 1.74. The van der Waals surface area contributed by atoms with Gasteiger partial charge in [-0.25, -0.2) is 0 Å². The summed E-state index contributed by atoms with van der Waals surface area (Å²) in [5, 5.41) is 10.5. The molecule has 2 rings (SSSR count). The molecule has 0 amide bonds. The number of nitrogens with one attached hydrogen (secondary N) is 2. The molecule has 2 N–H and O–H groups in total. The lowest BCUT2D eigenvalue weighted by atomic mass is 10.1. The lowest BCUT2D eigenvalue weighted by Crippen LogP contribution is -2.36. The van der Waals surface area contributed by atoms with Crippen molar-refractivity contribution in [3.63, 3.8) is 0 Å². The molecular weight excluding hydrogens is 407 g/mol. The van der Waals surface area contributed by atoms with Gasteiger partial charge in [0.2, 0.25) is 0 Å². The van der Waals surface area contributed by atoms with Crippen molar-refractivity contribution in [3.05, 3.63) is 40.7 Å². The highest BCUT2D eigenvalue weighted by Gasteiger charge is 2.09. The summed E-state index contributed by atoms with van der Waals surface area (Å²) in [6.45, 7) is 9.29. The summed E-state index contributed by atoms with van der Waals surface area (Å²) in [5.41, 5.74) is 2.09. The van der Waals surface area contributed by atoms with Crippen molar-refractivity contribution in [2.75, 3.05) is 7.05 Å². The summed E-state index contributed by atoms with van der Waals surface area (Å²) in [6, 6.07) is 4.00. The average Bonchev–Trinajstić information content (AvgIpc) is 3.06. The first-order valence-electron chi connectivity index (χ1n) is 7.45. The minimum absolute atomic E-state index is 0. The predicted molar refractivity (Wildman–Crippen MR) is 101 cm³/mol. The summed E-state index contributed by atoms with van der Waals surface area (Å²) in [4.78, 5) is 4.20. The molecule has 7 heteroatoms. The highest BCUT2D eigenvalue weighted by molar-refractivity contribution is 14.0. The van der Waals surface area contributed by atoms with Crippen LogP contribution in [0.2, 0.25) is 0 Å². The van der Waals surface area contributed by atoms with E-state index >= 15 is 0 Å². The molecule has 0 spiro atoms. The van der Waals surface area contributed by atoms with Gasteiger partial charge in [-0.1, -0.05) is 19.0 Å². The van der Waals surface area contributed by atoms with Gasteiger partial charge < -0.3 is 19.6 Å². The maximum absolute atomic E-state index is 5.51. The topological polar surface area (TPSA) is 75.6 Å². The first-order chi connectivity index (χ1) is 10.5. The Morgan fingerprint density at radius 1 is 1.22 bits per heavy atom. The predicted octanol–water partition coefficient (Wildman–Crippen LogP) is 3.49. The van der Waals surface area contributed by atoms with Crippen molar-refractivity contribution in [1.82, 2.24) is 15.8 Å². The molecule has 6 nitrogen and oxygen atoms in total. The van der Waals surface area contributed by atoms with E-state index in [4.69, 9.17) is 8.94 Å². The molecule has 0 aliphatic heterocycles. The molecule has 0 saturated heterocycles. The maximum Gasteiger partial charge on any atom is 0.191 e. The molecule has 0 aliphatic rings. The lowest BCUT2D eigenvalue weighted by Gasteiger charge is -2.10. The standard InChI is InChI=1S/C16H24N4O2.HI/c1-10(2)15-7-14(22-20-15)9-19-16(17-5)18-8-13-6-11(3)21-12(13)4;/h6-7,10H,8-9H2,1-5H3,(H2,17,18,19);1H. The molecule has 0 aliphatic carbocycles. The third-order valence-electron chi connectivity index (χ3n) is 3.41. The number of furan rings is 1. The Balaban J connectivity index is 0.00000264. The summed E-state index contributed by atoms with van der Waals surface area (Å²) < 4.78 is 10.8. The Hall–Kier alpha value is -1.51. The van der Waals surface area contributed by atoms with Crippen LogP contribution in [0.15, 0.2) is 26.1 Å². The molecule has 2 heterocycles. The van der Waals surface area contributed by atoms with Crippen LogP contribution < -0.4 is 10.6 Å². The summed E-state index contributed by atoms with van der Waals surface area (Å²) in [5.74, 6) is 3.71. The largest absolute Gasteiger partial charge is 0.466 e. The quantitative estimate of drug-likeness (QED) is 0.430. The number of rotatable bonds is 5. The van der Waals surface area contributed by atoms with Crippen LogP contribution in [0.1, 0.15) is 48.3 Å². The van der Waals surface area contributed by atoms with E-state index in [-0.39, 0.29) is 24.0 Å². The molecular formula is C16H25IN4O2. The fraction of sp³-hybridized carbons (Fsp3) is 0.500. The summed E-state index contributed by atoms with van der Waals surface area (Å²) >= 11 is 0. The van der Waals surface area contributed by atoms with Crippen molar-refractivity contribution in [2.24, 2.45) is 4.99 Å². The molecule has 0 saturated carbocycles. The second-order valence-corrected chi connectivity index (χ2v) is 5.59. The third-order valence-corrected chi connectivity index (χ3v) is 3.41. The zero-order valence-corrected chi connectivity index (χ0v) is 16.6. The van der Waals surface area contributed by atoms with Gasteiger partial charge in [0.1, 0.15) is 11.5 Å². The van der Waals surface area contributed by atoms with Crippen LogP contribution >= 0.6 is 24.0 Å². The van der Waals surface area contributed by atoms with E-state index < -0.39 is 0 Å². The maximum atomic E-state index is 5.51. The number of halogens is 1. The third kappa shape index (κ3) is 5.56. The zero-order valence-electron chi connectivity index (χ0n) is 14.3. The second kappa shape index (κ2) is 8.95. The first kappa shape index (κ1) is 19.5. The van der Waals surface area contributed by atoms with Gasteiger partial charge in [0, 0.05) is 25.2 Å². The molecule has 0 aromatic carbocycles. The normalized spacial score (nSPS) is 11.5. The average molecular weight is 432 g/mol. The number of nitrogens with zero attached hydrogens (tertiary/aromatic N) is 2. The highest BCUT2D eigenvalue weighted by atomic mass is 127. The Morgan fingerprint density at radius 3 is 2.43 bits per heavy atom. The molecule has 2 aromatic heterocycles. The van der Waals surface area contributed by atoms with E-state index in [1.165, 1.54) is 0 Å². The Kier molecular flexibility index (Phi) is 7.60. The second-order valence-electron chi connectivity index (χ2n) is 5.59. The molecule has 2 aromatic rings. The van der Waals surface area contributed by atoms with Gasteiger partial charge in [-0.05, 0) is 25.8 Å². The molecule has 128 valence electrons. The molecule has 0 unspecified atom stereocenters. The van der Waals surface area contributed by atoms with Crippen molar-refractivity contribution >= 4 is 29.9 Å². The van der Waals surface area contributed by atoms with Crippen LogP contribution in [0.3, 0.4) is 0 Å². The van der Waals surface area contributed by atoms with Gasteiger partial charge in [0.15, 0.2) is 11.7 Å². The highest BCUT2D eigenvalue weighted by Crippen LogP contribution is 2.14.